The monoisotopic (exact) mass is 270 g/mol. The van der Waals surface area contributed by atoms with E-state index in [-0.39, 0.29) is 18.5 Å². The third-order valence-corrected chi connectivity index (χ3v) is 2.49. The number of carbonyl (C=O) groups is 1. The summed E-state index contributed by atoms with van der Waals surface area (Å²) in [4.78, 5) is 12.2. The number of hydrogen-bond acceptors (Lipinski definition) is 5. The Labute approximate surface area is 116 Å². The van der Waals surface area contributed by atoms with Crippen LogP contribution in [0.1, 0.15) is 27.4 Å². The molecule has 0 radical (unpaired) electrons. The SMILES string of the molecule is Cc1ccc(C(=O)Nc2nnc(C)o2)c(C#CCN)c1. The quantitative estimate of drug-likeness (QED) is 0.801. The molecular formula is C14H14N4O2. The highest BCUT2D eigenvalue weighted by Crippen LogP contribution is 2.13. The molecule has 20 heavy (non-hydrogen) atoms. The largest absolute Gasteiger partial charge is 0.408 e. The van der Waals surface area contributed by atoms with Crippen LogP contribution in [0.2, 0.25) is 0 Å². The molecule has 0 atom stereocenters. The van der Waals surface area contributed by atoms with Crippen molar-refractivity contribution in [3.8, 4) is 11.8 Å². The highest BCUT2D eigenvalue weighted by Gasteiger charge is 2.13. The van der Waals surface area contributed by atoms with Crippen molar-refractivity contribution in [2.45, 2.75) is 13.8 Å². The molecule has 0 saturated heterocycles. The van der Waals surface area contributed by atoms with Gasteiger partial charge >= 0.3 is 6.01 Å². The van der Waals surface area contributed by atoms with Gasteiger partial charge in [-0.05, 0) is 24.6 Å². The summed E-state index contributed by atoms with van der Waals surface area (Å²) in [5.74, 6) is 5.65. The molecular weight excluding hydrogens is 256 g/mol. The smallest absolute Gasteiger partial charge is 0.322 e. The normalized spacial score (nSPS) is 9.75. The lowest BCUT2D eigenvalue weighted by Gasteiger charge is -2.04. The van der Waals surface area contributed by atoms with Crippen molar-refractivity contribution in [2.24, 2.45) is 5.73 Å². The standard InChI is InChI=1S/C14H14N4O2/c1-9-5-6-12(11(8-9)4-3-7-15)13(19)16-14-18-17-10(2)20-14/h5-6,8H,7,15H2,1-2H3,(H,16,18,19). The second-order valence-corrected chi connectivity index (χ2v) is 4.14. The Hall–Kier alpha value is -2.65. The third-order valence-electron chi connectivity index (χ3n) is 2.49. The first kappa shape index (κ1) is 13.8. The Morgan fingerprint density at radius 1 is 1.40 bits per heavy atom. The minimum absolute atomic E-state index is 0.0609. The van der Waals surface area contributed by atoms with Crippen LogP contribution < -0.4 is 11.1 Å². The zero-order valence-corrected chi connectivity index (χ0v) is 11.2. The third kappa shape index (κ3) is 3.22. The maximum absolute atomic E-state index is 12.2. The number of aromatic nitrogens is 2. The molecule has 0 saturated carbocycles. The van der Waals surface area contributed by atoms with E-state index in [0.29, 0.717) is 17.0 Å². The minimum atomic E-state index is -0.352. The molecule has 0 aliphatic carbocycles. The first-order valence-electron chi connectivity index (χ1n) is 6.01. The molecule has 102 valence electrons. The lowest BCUT2D eigenvalue weighted by molar-refractivity contribution is 0.102. The van der Waals surface area contributed by atoms with Crippen molar-refractivity contribution < 1.29 is 9.21 Å². The van der Waals surface area contributed by atoms with Crippen molar-refractivity contribution in [2.75, 3.05) is 11.9 Å². The van der Waals surface area contributed by atoms with E-state index in [1.54, 1.807) is 13.0 Å². The van der Waals surface area contributed by atoms with Crippen molar-refractivity contribution in [1.82, 2.24) is 10.2 Å². The van der Waals surface area contributed by atoms with Crippen LogP contribution in [-0.4, -0.2) is 22.6 Å². The summed E-state index contributed by atoms with van der Waals surface area (Å²) in [7, 11) is 0. The van der Waals surface area contributed by atoms with Crippen LogP contribution in [0, 0.1) is 25.7 Å². The predicted octanol–water partition coefficient (Wildman–Crippen LogP) is 1.25. The van der Waals surface area contributed by atoms with Crippen LogP contribution in [-0.2, 0) is 0 Å². The lowest BCUT2D eigenvalue weighted by Crippen LogP contribution is -2.14. The number of benzene rings is 1. The van der Waals surface area contributed by atoms with Crippen LogP contribution >= 0.6 is 0 Å². The van der Waals surface area contributed by atoms with E-state index in [4.69, 9.17) is 10.2 Å². The Balaban J connectivity index is 2.29. The second-order valence-electron chi connectivity index (χ2n) is 4.14. The summed E-state index contributed by atoms with van der Waals surface area (Å²) in [6.07, 6.45) is 0. The minimum Gasteiger partial charge on any atom is -0.408 e. The Morgan fingerprint density at radius 2 is 2.20 bits per heavy atom. The molecule has 6 heteroatoms. The fourth-order valence-corrected chi connectivity index (χ4v) is 1.62. The number of hydrogen-bond donors (Lipinski definition) is 2. The molecule has 6 nitrogen and oxygen atoms in total. The van der Waals surface area contributed by atoms with E-state index in [1.165, 1.54) is 0 Å². The highest BCUT2D eigenvalue weighted by molar-refractivity contribution is 6.05. The number of amides is 1. The number of nitrogens with one attached hydrogen (secondary N) is 1. The lowest BCUT2D eigenvalue weighted by atomic mass is 10.0. The summed E-state index contributed by atoms with van der Waals surface area (Å²) < 4.78 is 5.11. The zero-order chi connectivity index (χ0) is 14.5. The van der Waals surface area contributed by atoms with Crippen molar-refractivity contribution in [3.63, 3.8) is 0 Å². The maximum atomic E-state index is 12.2. The number of nitrogens with zero attached hydrogens (tertiary/aromatic N) is 2. The van der Waals surface area contributed by atoms with Gasteiger partial charge in [0.25, 0.3) is 5.91 Å². The fraction of sp³-hybridized carbons (Fsp3) is 0.214. The van der Waals surface area contributed by atoms with Gasteiger partial charge < -0.3 is 10.2 Å². The highest BCUT2D eigenvalue weighted by atomic mass is 16.4. The molecule has 0 fully saturated rings. The van der Waals surface area contributed by atoms with Crippen LogP contribution in [0.5, 0.6) is 0 Å². The summed E-state index contributed by atoms with van der Waals surface area (Å²) in [6.45, 7) is 3.81. The number of nitrogens with two attached hydrogens (primary N) is 1. The molecule has 0 aliphatic heterocycles. The molecule has 1 heterocycles. The second kappa shape index (κ2) is 5.99. The summed E-state index contributed by atoms with van der Waals surface area (Å²) in [6, 6.07) is 5.43. The fourth-order valence-electron chi connectivity index (χ4n) is 1.62. The van der Waals surface area contributed by atoms with Gasteiger partial charge in [0.05, 0.1) is 12.1 Å². The Kier molecular flexibility index (Phi) is 4.13. The molecule has 0 spiro atoms. The number of anilines is 1. The van der Waals surface area contributed by atoms with E-state index in [9.17, 15) is 4.79 Å². The maximum Gasteiger partial charge on any atom is 0.322 e. The summed E-state index contributed by atoms with van der Waals surface area (Å²) >= 11 is 0. The van der Waals surface area contributed by atoms with Gasteiger partial charge in [0.2, 0.25) is 5.89 Å². The average molecular weight is 270 g/mol. The van der Waals surface area contributed by atoms with Gasteiger partial charge in [-0.1, -0.05) is 23.0 Å². The van der Waals surface area contributed by atoms with Crippen molar-refractivity contribution in [3.05, 3.63) is 40.8 Å². The Morgan fingerprint density at radius 3 is 2.85 bits per heavy atom. The molecule has 0 bridgehead atoms. The van der Waals surface area contributed by atoms with Crippen LogP contribution in [0.4, 0.5) is 6.01 Å². The molecule has 1 aromatic heterocycles. The van der Waals surface area contributed by atoms with E-state index in [0.717, 1.165) is 5.56 Å². The molecule has 0 unspecified atom stereocenters. The van der Waals surface area contributed by atoms with Crippen LogP contribution in [0.3, 0.4) is 0 Å². The van der Waals surface area contributed by atoms with Gasteiger partial charge in [0.15, 0.2) is 0 Å². The number of rotatable bonds is 2. The van der Waals surface area contributed by atoms with E-state index in [2.05, 4.69) is 27.4 Å². The number of carbonyl (C=O) groups excluding carboxylic acids is 1. The van der Waals surface area contributed by atoms with Gasteiger partial charge in [-0.25, -0.2) is 0 Å². The van der Waals surface area contributed by atoms with Crippen LogP contribution in [0.15, 0.2) is 22.6 Å². The first-order chi connectivity index (χ1) is 9.60. The van der Waals surface area contributed by atoms with E-state index < -0.39 is 0 Å². The van der Waals surface area contributed by atoms with E-state index in [1.807, 2.05) is 19.1 Å². The van der Waals surface area contributed by atoms with E-state index >= 15 is 0 Å². The molecule has 1 amide bonds. The molecule has 0 aliphatic rings. The van der Waals surface area contributed by atoms with Gasteiger partial charge in [-0.2, -0.15) is 0 Å². The predicted molar refractivity (Wildman–Crippen MR) is 74.1 cm³/mol. The average Bonchev–Trinajstić information content (AvgIpc) is 2.81. The molecule has 3 N–H and O–H groups in total. The Bertz CT molecular complexity index is 695. The van der Waals surface area contributed by atoms with Crippen molar-refractivity contribution in [1.29, 1.82) is 0 Å². The number of aryl methyl sites for hydroxylation is 2. The molecule has 2 aromatic rings. The summed E-state index contributed by atoms with van der Waals surface area (Å²) in [5.41, 5.74) is 7.42. The van der Waals surface area contributed by atoms with Gasteiger partial charge in [0.1, 0.15) is 0 Å². The van der Waals surface area contributed by atoms with Gasteiger partial charge in [0, 0.05) is 12.5 Å². The van der Waals surface area contributed by atoms with Crippen LogP contribution in [0.25, 0.3) is 0 Å². The zero-order valence-electron chi connectivity index (χ0n) is 11.2. The van der Waals surface area contributed by atoms with Gasteiger partial charge in [-0.3, -0.25) is 10.1 Å². The first-order valence-corrected chi connectivity index (χ1v) is 6.01. The summed E-state index contributed by atoms with van der Waals surface area (Å²) in [5, 5.41) is 9.90. The molecule has 1 aromatic carbocycles. The topological polar surface area (TPSA) is 94.0 Å². The van der Waals surface area contributed by atoms with Gasteiger partial charge in [-0.15, -0.1) is 5.10 Å². The molecule has 2 rings (SSSR count). The van der Waals surface area contributed by atoms with Crippen molar-refractivity contribution >= 4 is 11.9 Å².